The van der Waals surface area contributed by atoms with Crippen LogP contribution in [0.15, 0.2) is 24.3 Å². The summed E-state index contributed by atoms with van der Waals surface area (Å²) in [4.78, 5) is 15.2. The molecule has 30 heavy (non-hydrogen) atoms. The van der Waals surface area contributed by atoms with Crippen molar-refractivity contribution in [3.8, 4) is 0 Å². The molecule has 5 aliphatic heterocycles. The van der Waals surface area contributed by atoms with Crippen molar-refractivity contribution in [1.29, 1.82) is 0 Å². The fourth-order valence-corrected chi connectivity index (χ4v) is 9.13. The van der Waals surface area contributed by atoms with Gasteiger partial charge in [0, 0.05) is 37.4 Å². The van der Waals surface area contributed by atoms with Crippen molar-refractivity contribution in [2.24, 2.45) is 17.8 Å². The highest BCUT2D eigenvalue weighted by Gasteiger charge is 2.83. The third-order valence-electron chi connectivity index (χ3n) is 9.83. The zero-order chi connectivity index (χ0) is 21.0. The van der Waals surface area contributed by atoms with Crippen molar-refractivity contribution in [3.05, 3.63) is 29.8 Å². The maximum atomic E-state index is 12.8. The predicted molar refractivity (Wildman–Crippen MR) is 112 cm³/mol. The summed E-state index contributed by atoms with van der Waals surface area (Å²) < 4.78 is 5.81. The molecule has 6 aliphatic rings. The SMILES string of the molecule is CCOC(=O)C[N@+]12[C@H](O)[C@H](CC)[C@H]3C[C@H]1[C@@H]1N(C)c4ccccc4[C@@]14C[C@H]2[C@H]3[C@@H]4O. The third kappa shape index (κ3) is 1.83. The largest absolute Gasteiger partial charge is 0.462 e. The lowest BCUT2D eigenvalue weighted by Crippen LogP contribution is -2.83. The van der Waals surface area contributed by atoms with E-state index in [2.05, 4.69) is 43.1 Å². The number of rotatable bonds is 4. The van der Waals surface area contributed by atoms with E-state index in [0.717, 1.165) is 19.3 Å². The average Bonchev–Trinajstić information content (AvgIpc) is 3.11. The van der Waals surface area contributed by atoms with Crippen molar-refractivity contribution in [2.75, 3.05) is 25.1 Å². The minimum atomic E-state index is -0.565. The number of carbonyl (C=O) groups is 1. The van der Waals surface area contributed by atoms with Crippen LogP contribution in [-0.4, -0.2) is 71.3 Å². The molecule has 1 aromatic rings. The van der Waals surface area contributed by atoms with Gasteiger partial charge in [-0.25, -0.2) is 4.79 Å². The van der Waals surface area contributed by atoms with E-state index in [1.807, 2.05) is 6.92 Å². The number of likely N-dealkylation sites (N-methyl/N-ethyl adjacent to an activating group) is 1. The van der Waals surface area contributed by atoms with Crippen molar-refractivity contribution in [1.82, 2.24) is 0 Å². The number of aliphatic hydroxyl groups is 2. The number of hydrogen-bond acceptors (Lipinski definition) is 5. The van der Waals surface area contributed by atoms with Gasteiger partial charge in [-0.15, -0.1) is 0 Å². The first kappa shape index (κ1) is 19.1. The van der Waals surface area contributed by atoms with E-state index >= 15 is 0 Å². The Hall–Kier alpha value is -1.63. The van der Waals surface area contributed by atoms with E-state index in [1.165, 1.54) is 11.3 Å². The van der Waals surface area contributed by atoms with Gasteiger partial charge >= 0.3 is 5.97 Å². The van der Waals surface area contributed by atoms with Crippen LogP contribution in [0.2, 0.25) is 0 Å². The minimum absolute atomic E-state index is 0.0954. The van der Waals surface area contributed by atoms with Crippen molar-refractivity contribution < 1.29 is 24.2 Å². The van der Waals surface area contributed by atoms with E-state index in [9.17, 15) is 15.0 Å². The van der Waals surface area contributed by atoms with Crippen LogP contribution in [-0.2, 0) is 14.9 Å². The molecule has 7 rings (SSSR count). The van der Waals surface area contributed by atoms with Gasteiger partial charge in [-0.2, -0.15) is 0 Å². The van der Waals surface area contributed by atoms with E-state index in [4.69, 9.17) is 4.74 Å². The number of quaternary nitrogens is 1. The molecule has 2 N–H and O–H groups in total. The number of piperidine rings is 4. The number of anilines is 1. The number of fused-ring (bicyclic) bond motifs is 2. The molecule has 0 unspecified atom stereocenters. The van der Waals surface area contributed by atoms with Crippen LogP contribution in [0.4, 0.5) is 5.69 Å². The number of benzene rings is 1. The molecular weight excluding hydrogens is 380 g/mol. The molecule has 0 radical (unpaired) electrons. The van der Waals surface area contributed by atoms with Crippen LogP contribution in [0, 0.1) is 17.8 Å². The first-order chi connectivity index (χ1) is 14.4. The summed E-state index contributed by atoms with van der Waals surface area (Å²) in [5, 5.41) is 23.7. The van der Waals surface area contributed by atoms with Gasteiger partial charge in [-0.1, -0.05) is 25.1 Å². The number of aliphatic hydroxyl groups excluding tert-OH is 2. The lowest BCUT2D eigenvalue weighted by Gasteiger charge is -2.67. The molecule has 1 spiro atoms. The maximum absolute atomic E-state index is 12.8. The Labute approximate surface area is 178 Å². The number of carbonyl (C=O) groups excluding carboxylic acids is 1. The van der Waals surface area contributed by atoms with Crippen LogP contribution >= 0.6 is 0 Å². The summed E-state index contributed by atoms with van der Waals surface area (Å²) in [5.41, 5.74) is 2.17. The van der Waals surface area contributed by atoms with Gasteiger partial charge in [0.05, 0.1) is 30.2 Å². The molecule has 1 aromatic carbocycles. The average molecular weight is 414 g/mol. The molecule has 6 nitrogen and oxygen atoms in total. The lowest BCUT2D eigenvalue weighted by atomic mass is 9.60. The summed E-state index contributed by atoms with van der Waals surface area (Å²) in [7, 11) is 2.14. The Kier molecular flexibility index (Phi) is 3.81. The summed E-state index contributed by atoms with van der Waals surface area (Å²) in [6, 6.07) is 8.84. The first-order valence-electron chi connectivity index (χ1n) is 11.6. The molecule has 0 amide bonds. The molecule has 4 saturated heterocycles. The fraction of sp³-hybridized carbons (Fsp3) is 0.708. The predicted octanol–water partition coefficient (Wildman–Crippen LogP) is 1.63. The molecule has 10 atom stereocenters. The molecule has 5 fully saturated rings. The van der Waals surface area contributed by atoms with Gasteiger partial charge in [0.15, 0.2) is 12.8 Å². The molecule has 5 heterocycles. The third-order valence-corrected chi connectivity index (χ3v) is 9.83. The highest BCUT2D eigenvalue weighted by Crippen LogP contribution is 2.71. The number of esters is 1. The second-order valence-electron chi connectivity index (χ2n) is 10.3. The normalized spacial score (nSPS) is 49.3. The van der Waals surface area contributed by atoms with E-state index in [1.54, 1.807) is 0 Å². The highest BCUT2D eigenvalue weighted by molar-refractivity contribution is 5.71. The number of para-hydroxylation sites is 1. The van der Waals surface area contributed by atoms with Gasteiger partial charge < -0.3 is 19.8 Å². The van der Waals surface area contributed by atoms with Crippen molar-refractivity contribution in [2.45, 2.75) is 69.0 Å². The summed E-state index contributed by atoms with van der Waals surface area (Å²) in [5.74, 6) is 0.361. The first-order valence-corrected chi connectivity index (χ1v) is 11.6. The summed E-state index contributed by atoms with van der Waals surface area (Å²) >= 11 is 0. The Balaban J connectivity index is 1.57. The minimum Gasteiger partial charge on any atom is -0.462 e. The zero-order valence-corrected chi connectivity index (χ0v) is 18.1. The van der Waals surface area contributed by atoms with E-state index < -0.39 is 12.3 Å². The number of ether oxygens (including phenoxy) is 1. The smallest absolute Gasteiger partial charge is 0.361 e. The second-order valence-corrected chi connectivity index (χ2v) is 10.3. The summed E-state index contributed by atoms with van der Waals surface area (Å²) in [6.45, 7) is 4.55. The van der Waals surface area contributed by atoms with Crippen molar-refractivity contribution >= 4 is 11.7 Å². The highest BCUT2D eigenvalue weighted by atomic mass is 16.5. The van der Waals surface area contributed by atoms with Crippen LogP contribution in [0.25, 0.3) is 0 Å². The standard InChI is InChI=1S/C24H33N2O4/c1-4-13-14-10-17-21-24(15-8-6-7-9-16(15)25(21)3)11-18(20(14)22(24)28)26(17,23(13)29)12-19(27)30-5-2/h6-9,13-14,17-18,20-23,28-29H,4-5,10-12H2,1-3H3/q+1/t13-,14-,17+,18+,20+,21+,22+,23-,24+,26+/m1/s1. The quantitative estimate of drug-likeness (QED) is 0.580. The molecule has 162 valence electrons. The van der Waals surface area contributed by atoms with Gasteiger partial charge in [-0.05, 0) is 30.9 Å². The Bertz CT molecular complexity index is 907. The van der Waals surface area contributed by atoms with Crippen LogP contribution in [0.1, 0.15) is 38.7 Å². The molecule has 5 bridgehead atoms. The monoisotopic (exact) mass is 413 g/mol. The molecular formula is C24H33N2O4+. The van der Waals surface area contributed by atoms with Crippen LogP contribution < -0.4 is 4.90 Å². The van der Waals surface area contributed by atoms with Crippen LogP contribution in [0.5, 0.6) is 0 Å². The lowest BCUT2D eigenvalue weighted by molar-refractivity contribution is -1.03. The van der Waals surface area contributed by atoms with Gasteiger partial charge in [-0.3, -0.25) is 4.48 Å². The molecule has 1 saturated carbocycles. The zero-order valence-electron chi connectivity index (χ0n) is 18.1. The van der Waals surface area contributed by atoms with Gasteiger partial charge in [0.2, 0.25) is 0 Å². The second kappa shape index (κ2) is 5.99. The fourth-order valence-electron chi connectivity index (χ4n) is 9.13. The maximum Gasteiger partial charge on any atom is 0.361 e. The van der Waals surface area contributed by atoms with E-state index in [-0.39, 0.29) is 47.9 Å². The van der Waals surface area contributed by atoms with Crippen LogP contribution in [0.3, 0.4) is 0 Å². The van der Waals surface area contributed by atoms with Gasteiger partial charge in [0.1, 0.15) is 6.04 Å². The molecule has 6 heteroatoms. The topological polar surface area (TPSA) is 70.0 Å². The molecule has 0 aromatic heterocycles. The Morgan fingerprint density at radius 1 is 1.27 bits per heavy atom. The van der Waals surface area contributed by atoms with Crippen molar-refractivity contribution in [3.63, 3.8) is 0 Å². The summed E-state index contributed by atoms with van der Waals surface area (Å²) in [6.07, 6.45) is 1.69. The number of nitrogens with zero attached hydrogens (tertiary/aromatic N) is 2. The Morgan fingerprint density at radius 3 is 2.77 bits per heavy atom. The molecule has 1 aliphatic carbocycles. The van der Waals surface area contributed by atoms with Gasteiger partial charge in [0.25, 0.3) is 0 Å². The van der Waals surface area contributed by atoms with E-state index in [0.29, 0.717) is 17.0 Å². The Morgan fingerprint density at radius 2 is 2.03 bits per heavy atom. The number of hydrogen-bond donors (Lipinski definition) is 2.